The maximum atomic E-state index is 9.64. The number of benzene rings is 1. The monoisotopic (exact) mass is 233 g/mol. The van der Waals surface area contributed by atoms with Gasteiger partial charge in [0.2, 0.25) is 0 Å². The summed E-state index contributed by atoms with van der Waals surface area (Å²) < 4.78 is 10.2. The lowest BCUT2D eigenvalue weighted by Gasteiger charge is -2.09. The quantitative estimate of drug-likeness (QED) is 0.862. The zero-order valence-electron chi connectivity index (χ0n) is 9.67. The summed E-state index contributed by atoms with van der Waals surface area (Å²) in [5.74, 6) is 0.762. The van der Waals surface area contributed by atoms with Crippen LogP contribution in [0.2, 0.25) is 0 Å². The van der Waals surface area contributed by atoms with E-state index in [4.69, 9.17) is 9.26 Å². The van der Waals surface area contributed by atoms with Crippen molar-refractivity contribution in [2.24, 2.45) is 0 Å². The number of rotatable bonds is 5. The maximum absolute atomic E-state index is 9.64. The highest BCUT2D eigenvalue weighted by atomic mass is 16.5. The van der Waals surface area contributed by atoms with Gasteiger partial charge < -0.3 is 14.4 Å². The Morgan fingerprint density at radius 2 is 2.12 bits per heavy atom. The van der Waals surface area contributed by atoms with Crippen molar-refractivity contribution >= 4 is 0 Å². The normalized spacial score (nSPS) is 12.4. The number of aliphatic hydroxyl groups excluding tert-OH is 1. The van der Waals surface area contributed by atoms with Crippen molar-refractivity contribution < 1.29 is 14.4 Å². The molecule has 0 bridgehead atoms. The fourth-order valence-corrected chi connectivity index (χ4v) is 1.49. The lowest BCUT2D eigenvalue weighted by Crippen LogP contribution is -1.96. The van der Waals surface area contributed by atoms with Crippen LogP contribution in [0.4, 0.5) is 0 Å². The molecule has 0 unspecified atom stereocenters. The molecule has 2 aromatic rings. The fourth-order valence-electron chi connectivity index (χ4n) is 1.49. The molecule has 2 rings (SSSR count). The molecule has 0 aliphatic heterocycles. The molecule has 0 spiro atoms. The van der Waals surface area contributed by atoms with Crippen molar-refractivity contribution in [1.82, 2.24) is 5.16 Å². The molecule has 4 nitrogen and oxygen atoms in total. The van der Waals surface area contributed by atoms with E-state index >= 15 is 0 Å². The van der Waals surface area contributed by atoms with E-state index in [-0.39, 0.29) is 0 Å². The molecule has 1 aromatic heterocycles. The van der Waals surface area contributed by atoms with Crippen molar-refractivity contribution in [2.75, 3.05) is 0 Å². The Bertz CT molecular complexity index is 436. The third-order valence-corrected chi connectivity index (χ3v) is 2.54. The second-order valence-electron chi connectivity index (χ2n) is 3.81. The minimum atomic E-state index is -0.401. The predicted molar refractivity (Wildman–Crippen MR) is 62.5 cm³/mol. The molecular formula is C13H15NO3. The lowest BCUT2D eigenvalue weighted by molar-refractivity contribution is 0.173. The third kappa shape index (κ3) is 3.07. The summed E-state index contributed by atoms with van der Waals surface area (Å²) in [6.45, 7) is 2.38. The summed E-state index contributed by atoms with van der Waals surface area (Å²) in [4.78, 5) is 0. The summed E-state index contributed by atoms with van der Waals surface area (Å²) in [5.41, 5.74) is 1.80. The smallest absolute Gasteiger partial charge is 0.130 e. The zero-order valence-corrected chi connectivity index (χ0v) is 9.67. The molecule has 0 saturated carbocycles. The van der Waals surface area contributed by atoms with Crippen LogP contribution < -0.4 is 4.74 Å². The van der Waals surface area contributed by atoms with E-state index in [1.54, 1.807) is 12.5 Å². The van der Waals surface area contributed by atoms with Gasteiger partial charge in [0.15, 0.2) is 0 Å². The fraction of sp³-hybridized carbons (Fsp3) is 0.308. The Kier molecular flexibility index (Phi) is 3.77. The van der Waals surface area contributed by atoms with Crippen LogP contribution in [0.3, 0.4) is 0 Å². The Balaban J connectivity index is 1.94. The van der Waals surface area contributed by atoms with Gasteiger partial charge in [-0.15, -0.1) is 0 Å². The van der Waals surface area contributed by atoms with Gasteiger partial charge in [-0.1, -0.05) is 24.2 Å². The van der Waals surface area contributed by atoms with Crippen LogP contribution in [-0.2, 0) is 6.61 Å². The lowest BCUT2D eigenvalue weighted by atomic mass is 10.1. The van der Waals surface area contributed by atoms with Crippen molar-refractivity contribution in [1.29, 1.82) is 0 Å². The van der Waals surface area contributed by atoms with Gasteiger partial charge in [-0.25, -0.2) is 0 Å². The topological polar surface area (TPSA) is 55.5 Å². The number of hydrogen-bond acceptors (Lipinski definition) is 4. The molecule has 1 N–H and O–H groups in total. The van der Waals surface area contributed by atoms with Crippen LogP contribution >= 0.6 is 0 Å². The largest absolute Gasteiger partial charge is 0.489 e. The Hall–Kier alpha value is -1.81. The minimum absolute atomic E-state index is 0.401. The Morgan fingerprint density at radius 1 is 1.35 bits per heavy atom. The van der Waals surface area contributed by atoms with Crippen LogP contribution in [0.1, 0.15) is 30.6 Å². The van der Waals surface area contributed by atoms with Gasteiger partial charge >= 0.3 is 0 Å². The Labute approximate surface area is 99.8 Å². The van der Waals surface area contributed by atoms with E-state index in [9.17, 15) is 5.11 Å². The van der Waals surface area contributed by atoms with Crippen molar-refractivity contribution in [3.05, 3.63) is 47.9 Å². The van der Waals surface area contributed by atoms with Gasteiger partial charge in [-0.3, -0.25) is 0 Å². The van der Waals surface area contributed by atoms with Crippen molar-refractivity contribution in [2.45, 2.75) is 26.1 Å². The van der Waals surface area contributed by atoms with Gasteiger partial charge in [0.25, 0.3) is 0 Å². The van der Waals surface area contributed by atoms with Crippen molar-refractivity contribution in [3.63, 3.8) is 0 Å². The van der Waals surface area contributed by atoms with Gasteiger partial charge in [0, 0.05) is 5.56 Å². The van der Waals surface area contributed by atoms with Gasteiger partial charge in [-0.2, -0.15) is 0 Å². The molecule has 0 aliphatic carbocycles. The van der Waals surface area contributed by atoms with E-state index in [0.29, 0.717) is 13.0 Å². The standard InChI is InChI=1S/C13H15NO3/c1-2-13(15)11-3-5-12(6-4-11)16-8-10-7-14-17-9-10/h3-7,9,13,15H,2,8H2,1H3/t13-/m0/s1. The summed E-state index contributed by atoms with van der Waals surface area (Å²) >= 11 is 0. The SMILES string of the molecule is CC[C@H](O)c1ccc(OCc2cnoc2)cc1. The van der Waals surface area contributed by atoms with E-state index in [0.717, 1.165) is 16.9 Å². The van der Waals surface area contributed by atoms with E-state index in [1.165, 1.54) is 0 Å². The second kappa shape index (κ2) is 5.50. The average molecular weight is 233 g/mol. The Morgan fingerprint density at radius 3 is 2.71 bits per heavy atom. The molecule has 0 radical (unpaired) electrons. The molecule has 0 fully saturated rings. The summed E-state index contributed by atoms with van der Waals surface area (Å²) in [5, 5.41) is 13.2. The highest BCUT2D eigenvalue weighted by molar-refractivity contribution is 5.28. The molecule has 4 heteroatoms. The number of nitrogens with zero attached hydrogens (tertiary/aromatic N) is 1. The second-order valence-corrected chi connectivity index (χ2v) is 3.81. The van der Waals surface area contributed by atoms with E-state index < -0.39 is 6.10 Å². The maximum Gasteiger partial charge on any atom is 0.130 e. The summed E-state index contributed by atoms with van der Waals surface area (Å²) in [7, 11) is 0. The van der Waals surface area contributed by atoms with Crippen molar-refractivity contribution in [3.8, 4) is 5.75 Å². The summed E-state index contributed by atoms with van der Waals surface area (Å²) in [6.07, 6.45) is 3.48. The first-order valence-electron chi connectivity index (χ1n) is 5.58. The van der Waals surface area contributed by atoms with Gasteiger partial charge in [-0.05, 0) is 24.1 Å². The third-order valence-electron chi connectivity index (χ3n) is 2.54. The number of aromatic nitrogens is 1. The van der Waals surface area contributed by atoms with Crippen LogP contribution in [0, 0.1) is 0 Å². The average Bonchev–Trinajstić information content (AvgIpc) is 2.89. The molecule has 1 aromatic carbocycles. The summed E-state index contributed by atoms with van der Waals surface area (Å²) in [6, 6.07) is 7.44. The van der Waals surface area contributed by atoms with Crippen LogP contribution in [0.15, 0.2) is 41.2 Å². The highest BCUT2D eigenvalue weighted by Gasteiger charge is 2.04. The zero-order chi connectivity index (χ0) is 12.1. The first-order chi connectivity index (χ1) is 8.29. The number of aliphatic hydroxyl groups is 1. The number of ether oxygens (including phenoxy) is 1. The van der Waals surface area contributed by atoms with E-state index in [1.807, 2.05) is 31.2 Å². The molecule has 0 amide bonds. The van der Waals surface area contributed by atoms with Gasteiger partial charge in [0.05, 0.1) is 12.3 Å². The molecule has 0 saturated heterocycles. The van der Waals surface area contributed by atoms with Crippen LogP contribution in [0.25, 0.3) is 0 Å². The van der Waals surface area contributed by atoms with Gasteiger partial charge in [0.1, 0.15) is 18.6 Å². The van der Waals surface area contributed by atoms with Crippen LogP contribution in [0.5, 0.6) is 5.75 Å². The van der Waals surface area contributed by atoms with Crippen LogP contribution in [-0.4, -0.2) is 10.3 Å². The first-order valence-corrected chi connectivity index (χ1v) is 5.58. The molecule has 17 heavy (non-hydrogen) atoms. The van der Waals surface area contributed by atoms with E-state index in [2.05, 4.69) is 5.16 Å². The molecular weight excluding hydrogens is 218 g/mol. The first kappa shape index (κ1) is 11.7. The molecule has 1 atom stereocenters. The highest BCUT2D eigenvalue weighted by Crippen LogP contribution is 2.20. The minimum Gasteiger partial charge on any atom is -0.489 e. The predicted octanol–water partition coefficient (Wildman–Crippen LogP) is 2.70. The number of hydrogen-bond donors (Lipinski definition) is 1. The molecule has 90 valence electrons. The molecule has 1 heterocycles. The molecule has 0 aliphatic rings.